The molecule has 0 atom stereocenters. The zero-order chi connectivity index (χ0) is 26.1. The minimum absolute atomic E-state index is 0.00240. The Bertz CT molecular complexity index is 1090. The predicted molar refractivity (Wildman–Crippen MR) is 121 cm³/mol. The zero-order valence-electron chi connectivity index (χ0n) is 19.0. The second-order valence-corrected chi connectivity index (χ2v) is 9.75. The van der Waals surface area contributed by atoms with Crippen LogP contribution in [0.25, 0.3) is 0 Å². The van der Waals surface area contributed by atoms with Gasteiger partial charge in [-0.25, -0.2) is 0 Å². The van der Waals surface area contributed by atoms with Crippen LogP contribution in [0.4, 0.5) is 26.3 Å². The molecular formula is C24H23F6N3O2S. The Kier molecular flexibility index (Phi) is 7.56. The molecule has 0 unspecified atom stereocenters. The highest BCUT2D eigenvalue weighted by molar-refractivity contribution is 7.98. The third-order valence-electron chi connectivity index (χ3n) is 6.27. The first kappa shape index (κ1) is 26.3. The number of halogens is 6. The summed E-state index contributed by atoms with van der Waals surface area (Å²) in [4.78, 5) is 29.4. The van der Waals surface area contributed by atoms with Crippen LogP contribution < -0.4 is 0 Å². The fraction of sp³-hybridized carbons (Fsp3) is 0.417. The maximum atomic E-state index is 12.9. The molecule has 2 saturated heterocycles. The Morgan fingerprint density at radius 2 is 1.50 bits per heavy atom. The SMILES string of the molecule is O=C(c1ccc(SCc2cccc(C(F)(F)F)c2)cc1)N1CC(N2CCN(C(=O)C(F)(F)F)CC2)C1. The van der Waals surface area contributed by atoms with Crippen LogP contribution in [0.1, 0.15) is 21.5 Å². The van der Waals surface area contributed by atoms with E-state index in [0.29, 0.717) is 43.1 Å². The van der Waals surface area contributed by atoms with Gasteiger partial charge < -0.3 is 9.80 Å². The molecule has 0 radical (unpaired) electrons. The summed E-state index contributed by atoms with van der Waals surface area (Å²) in [6, 6.07) is 12.1. The number of piperazine rings is 1. The van der Waals surface area contributed by atoms with E-state index >= 15 is 0 Å². The molecule has 194 valence electrons. The topological polar surface area (TPSA) is 43.9 Å². The van der Waals surface area contributed by atoms with Crippen LogP contribution in [-0.4, -0.2) is 78.0 Å². The van der Waals surface area contributed by atoms with Crippen molar-refractivity contribution in [1.82, 2.24) is 14.7 Å². The Balaban J connectivity index is 1.23. The Morgan fingerprint density at radius 3 is 2.08 bits per heavy atom. The first-order valence-electron chi connectivity index (χ1n) is 11.2. The van der Waals surface area contributed by atoms with Crippen molar-refractivity contribution in [1.29, 1.82) is 0 Å². The highest BCUT2D eigenvalue weighted by Gasteiger charge is 2.44. The molecule has 2 fully saturated rings. The lowest BCUT2D eigenvalue weighted by Gasteiger charge is -2.48. The number of rotatable bonds is 5. The fourth-order valence-corrected chi connectivity index (χ4v) is 5.04. The van der Waals surface area contributed by atoms with Gasteiger partial charge in [0.25, 0.3) is 5.91 Å². The monoisotopic (exact) mass is 531 g/mol. The molecule has 4 rings (SSSR count). The van der Waals surface area contributed by atoms with Crippen LogP contribution in [-0.2, 0) is 16.7 Å². The Morgan fingerprint density at radius 1 is 0.861 bits per heavy atom. The highest BCUT2D eigenvalue weighted by atomic mass is 32.2. The van der Waals surface area contributed by atoms with E-state index < -0.39 is 23.8 Å². The van der Waals surface area contributed by atoms with Crippen LogP contribution in [0.3, 0.4) is 0 Å². The van der Waals surface area contributed by atoms with Gasteiger partial charge in [0, 0.05) is 61.5 Å². The minimum Gasteiger partial charge on any atom is -0.335 e. The molecule has 5 nitrogen and oxygen atoms in total. The Labute approximate surface area is 208 Å². The molecule has 0 bridgehead atoms. The molecule has 0 saturated carbocycles. The lowest BCUT2D eigenvalue weighted by atomic mass is 10.0. The molecular weight excluding hydrogens is 508 g/mol. The number of benzene rings is 2. The standard InChI is InChI=1S/C24H23F6N3O2S/c25-23(26,27)18-3-1-2-16(12-18)15-36-20-6-4-17(5-7-20)21(34)33-13-19(14-33)31-8-10-32(11-9-31)22(35)24(28,29)30/h1-7,12,19H,8-11,13-15H2. The number of nitrogens with zero attached hydrogens (tertiary/aromatic N) is 3. The van der Waals surface area contributed by atoms with E-state index in [1.54, 1.807) is 35.2 Å². The van der Waals surface area contributed by atoms with Gasteiger partial charge in [-0.2, -0.15) is 26.3 Å². The van der Waals surface area contributed by atoms with E-state index in [-0.39, 0.29) is 25.0 Å². The lowest BCUT2D eigenvalue weighted by molar-refractivity contribution is -0.187. The van der Waals surface area contributed by atoms with Crippen molar-refractivity contribution in [2.75, 3.05) is 39.3 Å². The van der Waals surface area contributed by atoms with E-state index in [4.69, 9.17) is 0 Å². The molecule has 2 aromatic carbocycles. The summed E-state index contributed by atoms with van der Waals surface area (Å²) in [5.41, 5.74) is 0.341. The maximum Gasteiger partial charge on any atom is 0.471 e. The van der Waals surface area contributed by atoms with Crippen LogP contribution >= 0.6 is 11.8 Å². The minimum atomic E-state index is -4.87. The van der Waals surface area contributed by atoms with E-state index in [1.807, 2.05) is 4.90 Å². The zero-order valence-corrected chi connectivity index (χ0v) is 19.8. The van der Waals surface area contributed by atoms with Crippen molar-refractivity contribution >= 4 is 23.6 Å². The number of thioether (sulfide) groups is 1. The van der Waals surface area contributed by atoms with Gasteiger partial charge >= 0.3 is 18.3 Å². The summed E-state index contributed by atoms with van der Waals surface area (Å²) in [6.07, 6.45) is -9.26. The van der Waals surface area contributed by atoms with Gasteiger partial charge in [0.2, 0.25) is 0 Å². The second kappa shape index (κ2) is 10.3. The molecule has 0 aromatic heterocycles. The molecule has 2 amide bonds. The van der Waals surface area contributed by atoms with Gasteiger partial charge in [0.05, 0.1) is 5.56 Å². The first-order chi connectivity index (χ1) is 16.9. The highest BCUT2D eigenvalue weighted by Crippen LogP contribution is 2.31. The molecule has 12 heteroatoms. The molecule has 0 aliphatic carbocycles. The van der Waals surface area contributed by atoms with Crippen LogP contribution in [0.2, 0.25) is 0 Å². The second-order valence-electron chi connectivity index (χ2n) is 8.70. The van der Waals surface area contributed by atoms with E-state index in [1.165, 1.54) is 17.8 Å². The van der Waals surface area contributed by atoms with Crippen molar-refractivity contribution < 1.29 is 35.9 Å². The first-order valence-corrected chi connectivity index (χ1v) is 12.2. The third kappa shape index (κ3) is 6.15. The number of alkyl halides is 6. The van der Waals surface area contributed by atoms with Crippen molar-refractivity contribution in [3.63, 3.8) is 0 Å². The van der Waals surface area contributed by atoms with Gasteiger partial charge in [-0.15, -0.1) is 11.8 Å². The van der Waals surface area contributed by atoms with Crippen molar-refractivity contribution in [3.8, 4) is 0 Å². The van der Waals surface area contributed by atoms with Crippen LogP contribution in [0.15, 0.2) is 53.4 Å². The summed E-state index contributed by atoms with van der Waals surface area (Å²) < 4.78 is 76.3. The molecule has 2 aromatic rings. The average molecular weight is 532 g/mol. The molecule has 36 heavy (non-hydrogen) atoms. The van der Waals surface area contributed by atoms with E-state index in [2.05, 4.69) is 0 Å². The van der Waals surface area contributed by atoms with Crippen LogP contribution in [0.5, 0.6) is 0 Å². The molecule has 2 heterocycles. The maximum absolute atomic E-state index is 12.9. The molecule has 2 aliphatic rings. The van der Waals surface area contributed by atoms with Crippen molar-refractivity contribution in [2.24, 2.45) is 0 Å². The van der Waals surface area contributed by atoms with Crippen molar-refractivity contribution in [3.05, 3.63) is 65.2 Å². The fourth-order valence-electron chi connectivity index (χ4n) is 4.20. The normalized spacial score (nSPS) is 17.7. The van der Waals surface area contributed by atoms with Gasteiger partial charge in [0.1, 0.15) is 0 Å². The number of carbonyl (C=O) groups excluding carboxylic acids is 2. The lowest BCUT2D eigenvalue weighted by Crippen LogP contribution is -2.65. The number of carbonyl (C=O) groups is 2. The van der Waals surface area contributed by atoms with Gasteiger partial charge in [0.15, 0.2) is 0 Å². The van der Waals surface area contributed by atoms with Crippen molar-refractivity contribution in [2.45, 2.75) is 29.0 Å². The summed E-state index contributed by atoms with van der Waals surface area (Å²) in [7, 11) is 0. The summed E-state index contributed by atoms with van der Waals surface area (Å²) in [6.45, 7) is 1.57. The third-order valence-corrected chi connectivity index (χ3v) is 7.35. The summed E-state index contributed by atoms with van der Waals surface area (Å²) in [5.74, 6) is -1.62. The number of hydrogen-bond donors (Lipinski definition) is 0. The van der Waals surface area contributed by atoms with Gasteiger partial charge in [-0.05, 0) is 35.9 Å². The number of amides is 2. The molecule has 0 spiro atoms. The summed E-state index contributed by atoms with van der Waals surface area (Å²) >= 11 is 1.37. The van der Waals surface area contributed by atoms with E-state index in [9.17, 15) is 35.9 Å². The van der Waals surface area contributed by atoms with Crippen LogP contribution in [0, 0.1) is 0 Å². The number of likely N-dealkylation sites (tertiary alicyclic amines) is 1. The Hall–Kier alpha value is -2.73. The summed E-state index contributed by atoms with van der Waals surface area (Å²) in [5, 5.41) is 0. The smallest absolute Gasteiger partial charge is 0.335 e. The largest absolute Gasteiger partial charge is 0.471 e. The molecule has 2 aliphatic heterocycles. The average Bonchev–Trinajstić information content (AvgIpc) is 2.81. The number of hydrogen-bond acceptors (Lipinski definition) is 4. The molecule has 0 N–H and O–H groups in total. The quantitative estimate of drug-likeness (QED) is 0.420. The van der Waals surface area contributed by atoms with E-state index in [0.717, 1.165) is 21.9 Å². The van der Waals surface area contributed by atoms with Gasteiger partial charge in [-0.1, -0.05) is 18.2 Å². The van der Waals surface area contributed by atoms with Gasteiger partial charge in [-0.3, -0.25) is 14.5 Å². The predicted octanol–water partition coefficient (Wildman–Crippen LogP) is 4.53.